The van der Waals surface area contributed by atoms with Gasteiger partial charge < -0.3 is 10.0 Å². The number of carbonyl (C=O) groups is 3. The van der Waals surface area contributed by atoms with Gasteiger partial charge in [0.05, 0.1) is 16.3 Å². The number of aliphatic carboxylic acids is 1. The summed E-state index contributed by atoms with van der Waals surface area (Å²) in [5, 5.41) is 8.68. The summed E-state index contributed by atoms with van der Waals surface area (Å²) in [5.41, 5.74) is 0.584. The number of rotatable bonds is 3. The number of carbonyl (C=O) groups excluding carboxylic acids is 2. The fourth-order valence-electron chi connectivity index (χ4n) is 1.74. The maximum atomic E-state index is 11.7. The van der Waals surface area contributed by atoms with Crippen molar-refractivity contribution in [3.05, 3.63) is 40.9 Å². The van der Waals surface area contributed by atoms with Gasteiger partial charge in [-0.05, 0) is 12.1 Å². The molecule has 6 heteroatoms. The molecule has 0 aromatic heterocycles. The van der Waals surface area contributed by atoms with E-state index in [-0.39, 0.29) is 17.1 Å². The Bertz CT molecular complexity index is 579. The molecule has 1 aliphatic heterocycles. The van der Waals surface area contributed by atoms with Crippen LogP contribution in [0, 0.1) is 0 Å². The zero-order chi connectivity index (χ0) is 13.3. The highest BCUT2D eigenvalue weighted by Gasteiger charge is 2.36. The first-order chi connectivity index (χ1) is 8.52. The van der Waals surface area contributed by atoms with E-state index in [0.29, 0.717) is 5.69 Å². The summed E-state index contributed by atoms with van der Waals surface area (Å²) in [6.45, 7) is 0.0181. The molecule has 0 atom stereocenters. The molecule has 18 heavy (non-hydrogen) atoms. The van der Waals surface area contributed by atoms with E-state index in [1.54, 1.807) is 12.1 Å². The van der Waals surface area contributed by atoms with Crippen molar-refractivity contribution in [3.8, 4) is 0 Å². The molecule has 0 saturated carbocycles. The molecule has 1 aromatic carbocycles. The number of fused-ring (bicyclic) bond motifs is 1. The number of carboxylic acid groups (broad SMARTS) is 1. The highest BCUT2D eigenvalue weighted by Crippen LogP contribution is 2.33. The van der Waals surface area contributed by atoms with Crippen molar-refractivity contribution in [3.63, 3.8) is 0 Å². The van der Waals surface area contributed by atoms with Gasteiger partial charge in [0, 0.05) is 12.6 Å². The Morgan fingerprint density at radius 2 is 2.11 bits per heavy atom. The van der Waals surface area contributed by atoms with Crippen molar-refractivity contribution in [2.24, 2.45) is 0 Å². The summed E-state index contributed by atoms with van der Waals surface area (Å²) < 4.78 is 0. The third-order valence-electron chi connectivity index (χ3n) is 2.50. The van der Waals surface area contributed by atoms with Crippen molar-refractivity contribution in [2.45, 2.75) is 0 Å². The summed E-state index contributed by atoms with van der Waals surface area (Å²) in [6.07, 6.45) is 2.21. The van der Waals surface area contributed by atoms with Crippen LogP contribution in [0.15, 0.2) is 30.4 Å². The third-order valence-corrected chi connectivity index (χ3v) is 2.81. The average molecular weight is 266 g/mol. The molecule has 0 radical (unpaired) electrons. The van der Waals surface area contributed by atoms with Gasteiger partial charge in [-0.25, -0.2) is 4.79 Å². The fraction of sp³-hybridized carbons (Fsp3) is 0.0833. The Kier molecular flexibility index (Phi) is 3.16. The molecule has 1 heterocycles. The molecule has 92 valence electrons. The van der Waals surface area contributed by atoms with Gasteiger partial charge in [0.25, 0.3) is 11.7 Å². The molecule has 0 bridgehead atoms. The van der Waals surface area contributed by atoms with E-state index in [9.17, 15) is 14.4 Å². The van der Waals surface area contributed by atoms with Crippen LogP contribution >= 0.6 is 11.6 Å². The average Bonchev–Trinajstić information content (AvgIpc) is 2.55. The zero-order valence-electron chi connectivity index (χ0n) is 9.09. The second-order valence-corrected chi connectivity index (χ2v) is 4.03. The van der Waals surface area contributed by atoms with Crippen LogP contribution in [-0.2, 0) is 9.59 Å². The topological polar surface area (TPSA) is 74.7 Å². The lowest BCUT2D eigenvalue weighted by atomic mass is 10.1. The normalized spacial score (nSPS) is 14.4. The fourth-order valence-corrected chi connectivity index (χ4v) is 2.00. The number of Topliss-reactive ketones (excluding diaryl/α,β-unsaturated/α-hetero) is 1. The van der Waals surface area contributed by atoms with Crippen molar-refractivity contribution >= 4 is 34.9 Å². The van der Waals surface area contributed by atoms with Crippen molar-refractivity contribution in [1.29, 1.82) is 0 Å². The predicted octanol–water partition coefficient (Wildman–Crippen LogP) is 1.51. The quantitative estimate of drug-likeness (QED) is 0.664. The minimum atomic E-state index is -1.11. The van der Waals surface area contributed by atoms with Crippen LogP contribution in [0.25, 0.3) is 0 Å². The van der Waals surface area contributed by atoms with Gasteiger partial charge in [-0.1, -0.05) is 23.7 Å². The highest BCUT2D eigenvalue weighted by atomic mass is 35.5. The maximum Gasteiger partial charge on any atom is 0.328 e. The SMILES string of the molecule is O=C(O)C=CCN1C(=O)C(=O)c2c(Cl)cccc21. The lowest BCUT2D eigenvalue weighted by molar-refractivity contribution is -0.131. The zero-order valence-corrected chi connectivity index (χ0v) is 9.85. The van der Waals surface area contributed by atoms with Crippen molar-refractivity contribution in [1.82, 2.24) is 0 Å². The Morgan fingerprint density at radius 1 is 1.39 bits per heavy atom. The number of anilines is 1. The van der Waals surface area contributed by atoms with E-state index in [0.717, 1.165) is 6.08 Å². The highest BCUT2D eigenvalue weighted by molar-refractivity contribution is 6.55. The largest absolute Gasteiger partial charge is 0.478 e. The molecular formula is C12H8ClNO4. The molecule has 1 amide bonds. The Hall–Kier alpha value is -2.14. The Labute approximate surface area is 107 Å². The smallest absolute Gasteiger partial charge is 0.328 e. The summed E-state index contributed by atoms with van der Waals surface area (Å²) in [5.74, 6) is -2.48. The van der Waals surface area contributed by atoms with E-state index in [4.69, 9.17) is 16.7 Å². The van der Waals surface area contributed by atoms with Gasteiger partial charge >= 0.3 is 5.97 Å². The first-order valence-electron chi connectivity index (χ1n) is 5.06. The van der Waals surface area contributed by atoms with Crippen LogP contribution in [0.3, 0.4) is 0 Å². The van der Waals surface area contributed by atoms with Crippen LogP contribution in [0.1, 0.15) is 10.4 Å². The number of amides is 1. The van der Waals surface area contributed by atoms with Gasteiger partial charge in [-0.3, -0.25) is 9.59 Å². The van der Waals surface area contributed by atoms with Crippen LogP contribution < -0.4 is 4.90 Å². The summed E-state index contributed by atoms with van der Waals surface area (Å²) in [4.78, 5) is 35.0. The molecular weight excluding hydrogens is 258 g/mol. The van der Waals surface area contributed by atoms with E-state index >= 15 is 0 Å². The summed E-state index contributed by atoms with van der Waals surface area (Å²) in [7, 11) is 0. The second kappa shape index (κ2) is 4.62. The molecule has 5 nitrogen and oxygen atoms in total. The number of ketones is 1. The third kappa shape index (κ3) is 2.00. The Morgan fingerprint density at radius 3 is 2.78 bits per heavy atom. The lowest BCUT2D eigenvalue weighted by Gasteiger charge is -2.13. The van der Waals surface area contributed by atoms with Gasteiger partial charge in [0.1, 0.15) is 0 Å². The minimum absolute atomic E-state index is 0.0181. The van der Waals surface area contributed by atoms with Crippen molar-refractivity contribution in [2.75, 3.05) is 11.4 Å². The van der Waals surface area contributed by atoms with Crippen LogP contribution in [0.2, 0.25) is 5.02 Å². The van der Waals surface area contributed by atoms with Crippen LogP contribution in [0.4, 0.5) is 5.69 Å². The van der Waals surface area contributed by atoms with E-state index in [1.807, 2.05) is 0 Å². The van der Waals surface area contributed by atoms with Crippen molar-refractivity contribution < 1.29 is 19.5 Å². The lowest BCUT2D eigenvalue weighted by Crippen LogP contribution is -2.29. The molecule has 2 rings (SSSR count). The first-order valence-corrected chi connectivity index (χ1v) is 5.44. The second-order valence-electron chi connectivity index (χ2n) is 3.62. The van der Waals surface area contributed by atoms with Gasteiger partial charge in [-0.15, -0.1) is 0 Å². The van der Waals surface area contributed by atoms with E-state index in [1.165, 1.54) is 17.0 Å². The summed E-state index contributed by atoms with van der Waals surface area (Å²) >= 11 is 5.87. The summed E-state index contributed by atoms with van der Waals surface area (Å²) in [6, 6.07) is 4.75. The molecule has 0 fully saturated rings. The van der Waals surface area contributed by atoms with Gasteiger partial charge in [0.2, 0.25) is 0 Å². The van der Waals surface area contributed by atoms with E-state index < -0.39 is 17.7 Å². The number of hydrogen-bond donors (Lipinski definition) is 1. The number of halogens is 1. The number of carboxylic acids is 1. The molecule has 0 spiro atoms. The number of benzene rings is 1. The van der Waals surface area contributed by atoms with Crippen LogP contribution in [0.5, 0.6) is 0 Å². The molecule has 0 aliphatic carbocycles. The standard InChI is InChI=1S/C12H8ClNO4/c13-7-3-1-4-8-10(7)11(17)12(18)14(8)6-2-5-9(15)16/h1-5H,6H2,(H,15,16). The predicted molar refractivity (Wildman–Crippen MR) is 64.9 cm³/mol. The number of nitrogens with zero attached hydrogens (tertiary/aromatic N) is 1. The minimum Gasteiger partial charge on any atom is -0.478 e. The first kappa shape index (κ1) is 12.3. The monoisotopic (exact) mass is 265 g/mol. The van der Waals surface area contributed by atoms with E-state index in [2.05, 4.69) is 0 Å². The molecule has 1 N–H and O–H groups in total. The van der Waals surface area contributed by atoms with Gasteiger partial charge in [0.15, 0.2) is 0 Å². The van der Waals surface area contributed by atoms with Gasteiger partial charge in [-0.2, -0.15) is 0 Å². The molecule has 0 unspecified atom stereocenters. The van der Waals surface area contributed by atoms with Crippen LogP contribution in [-0.4, -0.2) is 29.3 Å². The molecule has 1 aromatic rings. The Balaban J connectivity index is 2.35. The molecule has 0 saturated heterocycles. The molecule has 1 aliphatic rings. The number of hydrogen-bond acceptors (Lipinski definition) is 3. The maximum absolute atomic E-state index is 11.7.